The van der Waals surface area contributed by atoms with E-state index in [1.54, 1.807) is 24.3 Å². The molecule has 2 rings (SSSR count). The zero-order valence-corrected chi connectivity index (χ0v) is 14.8. The molecule has 0 radical (unpaired) electrons. The number of ketones is 1. The van der Waals surface area contributed by atoms with E-state index < -0.39 is 17.9 Å². The molecule has 0 aliphatic carbocycles. The zero-order valence-electron chi connectivity index (χ0n) is 14.1. The van der Waals surface area contributed by atoms with Crippen molar-refractivity contribution in [2.75, 3.05) is 12.4 Å². The Morgan fingerprint density at radius 1 is 1.27 bits per heavy atom. The number of hydrogen-bond acceptors (Lipinski definition) is 6. The summed E-state index contributed by atoms with van der Waals surface area (Å²) in [5, 5.41) is 2.95. The number of amides is 1. The number of benzene rings is 1. The summed E-state index contributed by atoms with van der Waals surface area (Å²) in [7, 11) is 1.26. The minimum absolute atomic E-state index is 0.0193. The number of nitrogens with zero attached hydrogens (tertiary/aromatic N) is 1. The second-order valence-electron chi connectivity index (χ2n) is 5.44. The van der Waals surface area contributed by atoms with E-state index in [9.17, 15) is 14.4 Å². The van der Waals surface area contributed by atoms with Crippen LogP contribution in [0.15, 0.2) is 42.6 Å². The van der Waals surface area contributed by atoms with Crippen molar-refractivity contribution < 1.29 is 19.1 Å². The van der Waals surface area contributed by atoms with Crippen molar-refractivity contribution in [3.8, 4) is 0 Å². The van der Waals surface area contributed by atoms with Gasteiger partial charge in [0.25, 0.3) is 0 Å². The van der Waals surface area contributed by atoms with Crippen LogP contribution in [-0.4, -0.2) is 35.8 Å². The summed E-state index contributed by atoms with van der Waals surface area (Å²) in [6.07, 6.45) is 1.64. The van der Waals surface area contributed by atoms with Gasteiger partial charge in [-0.15, -0.1) is 0 Å². The summed E-state index contributed by atoms with van der Waals surface area (Å²) in [6, 6.07) is 8.53. The molecule has 26 heavy (non-hydrogen) atoms. The Labute approximate surface area is 155 Å². The van der Waals surface area contributed by atoms with Crippen LogP contribution >= 0.6 is 11.6 Å². The first kappa shape index (κ1) is 19.6. The van der Waals surface area contributed by atoms with Crippen LogP contribution in [0, 0.1) is 0 Å². The van der Waals surface area contributed by atoms with E-state index in [4.69, 9.17) is 17.3 Å². The molecule has 0 aliphatic heterocycles. The van der Waals surface area contributed by atoms with Gasteiger partial charge in [0.1, 0.15) is 5.69 Å². The van der Waals surface area contributed by atoms with Crippen molar-refractivity contribution in [2.24, 2.45) is 5.73 Å². The predicted molar refractivity (Wildman–Crippen MR) is 97.0 cm³/mol. The first-order chi connectivity index (χ1) is 12.4. The Bertz CT molecular complexity index is 811. The summed E-state index contributed by atoms with van der Waals surface area (Å²) < 4.78 is 4.52. The van der Waals surface area contributed by atoms with Crippen LogP contribution in [0.4, 0.5) is 5.69 Å². The van der Waals surface area contributed by atoms with Gasteiger partial charge in [-0.25, -0.2) is 0 Å². The molecule has 0 saturated carbocycles. The van der Waals surface area contributed by atoms with E-state index >= 15 is 0 Å². The normalized spacial score (nSPS) is 11.5. The molecule has 8 heteroatoms. The second-order valence-corrected chi connectivity index (χ2v) is 5.88. The van der Waals surface area contributed by atoms with Gasteiger partial charge >= 0.3 is 5.97 Å². The first-order valence-electron chi connectivity index (χ1n) is 7.81. The number of carbonyl (C=O) groups excluding carboxylic acids is 3. The molecule has 0 bridgehead atoms. The molecule has 1 atom stereocenters. The molecule has 0 aliphatic rings. The largest absolute Gasteiger partial charge is 0.469 e. The molecule has 1 amide bonds. The third-order valence-corrected chi connectivity index (χ3v) is 3.84. The highest BCUT2D eigenvalue weighted by Gasteiger charge is 2.20. The molecule has 0 spiro atoms. The molecule has 1 aromatic carbocycles. The second kappa shape index (κ2) is 9.07. The number of halogens is 1. The highest BCUT2D eigenvalue weighted by molar-refractivity contribution is 6.31. The van der Waals surface area contributed by atoms with Crippen LogP contribution in [0.25, 0.3) is 0 Å². The van der Waals surface area contributed by atoms with E-state index in [0.29, 0.717) is 5.02 Å². The summed E-state index contributed by atoms with van der Waals surface area (Å²) in [5.74, 6) is -1.36. The molecule has 1 aromatic heterocycles. The molecular weight excluding hydrogens is 358 g/mol. The monoisotopic (exact) mass is 375 g/mol. The van der Waals surface area contributed by atoms with Gasteiger partial charge in [-0.2, -0.15) is 0 Å². The van der Waals surface area contributed by atoms with Gasteiger partial charge < -0.3 is 15.8 Å². The lowest BCUT2D eigenvalue weighted by molar-refractivity contribution is -0.140. The Balaban J connectivity index is 2.18. The number of methoxy groups -OCH3 is 1. The van der Waals surface area contributed by atoms with Gasteiger partial charge in [0, 0.05) is 23.2 Å². The molecule has 3 N–H and O–H groups in total. The number of ether oxygens (including phenoxy) is 1. The number of carbonyl (C=O) groups is 3. The number of nitrogens with one attached hydrogen (secondary N) is 1. The van der Waals surface area contributed by atoms with Crippen LogP contribution in [-0.2, 0) is 14.3 Å². The highest BCUT2D eigenvalue weighted by atomic mass is 35.5. The summed E-state index contributed by atoms with van der Waals surface area (Å²) in [6.45, 7) is 0. The molecule has 136 valence electrons. The SMILES string of the molecule is COC(=O)CCC(N)C(=O)Nc1ccc(Cl)cc1C(=O)c1ccccn1. The van der Waals surface area contributed by atoms with E-state index in [0.717, 1.165) is 0 Å². The maximum Gasteiger partial charge on any atom is 0.305 e. The molecular formula is C18H18ClN3O4. The van der Waals surface area contributed by atoms with Crippen LogP contribution in [0.1, 0.15) is 28.9 Å². The van der Waals surface area contributed by atoms with E-state index in [-0.39, 0.29) is 35.6 Å². The van der Waals surface area contributed by atoms with Crippen molar-refractivity contribution in [2.45, 2.75) is 18.9 Å². The maximum absolute atomic E-state index is 12.7. The molecule has 7 nitrogen and oxygen atoms in total. The average molecular weight is 376 g/mol. The summed E-state index contributed by atoms with van der Waals surface area (Å²) >= 11 is 5.99. The van der Waals surface area contributed by atoms with Gasteiger partial charge in [0.2, 0.25) is 11.7 Å². The first-order valence-corrected chi connectivity index (χ1v) is 8.18. The number of esters is 1. The van der Waals surface area contributed by atoms with Gasteiger partial charge in [-0.1, -0.05) is 17.7 Å². The van der Waals surface area contributed by atoms with Crippen molar-refractivity contribution >= 4 is 34.9 Å². The van der Waals surface area contributed by atoms with Crippen molar-refractivity contribution in [3.05, 3.63) is 58.9 Å². The highest BCUT2D eigenvalue weighted by Crippen LogP contribution is 2.23. The lowest BCUT2D eigenvalue weighted by atomic mass is 10.0. The number of aromatic nitrogens is 1. The summed E-state index contributed by atoms with van der Waals surface area (Å²) in [5.41, 5.74) is 6.48. The van der Waals surface area contributed by atoms with E-state index in [2.05, 4.69) is 15.0 Å². The fraction of sp³-hybridized carbons (Fsp3) is 0.222. The van der Waals surface area contributed by atoms with Crippen LogP contribution in [0.5, 0.6) is 0 Å². The van der Waals surface area contributed by atoms with Gasteiger partial charge in [0.15, 0.2) is 0 Å². The minimum Gasteiger partial charge on any atom is -0.469 e. The number of hydrogen-bond donors (Lipinski definition) is 2. The van der Waals surface area contributed by atoms with E-state index in [1.807, 2.05) is 0 Å². The quantitative estimate of drug-likeness (QED) is 0.566. The van der Waals surface area contributed by atoms with Crippen LogP contribution < -0.4 is 11.1 Å². The standard InChI is InChI=1S/C18H18ClN3O4/c1-26-16(23)8-6-13(20)18(25)22-14-7-5-11(19)10-12(14)17(24)15-4-2-3-9-21-15/h2-5,7,9-10,13H,6,8,20H2,1H3,(H,22,25). The zero-order chi connectivity index (χ0) is 19.1. The maximum atomic E-state index is 12.7. The smallest absolute Gasteiger partial charge is 0.305 e. The molecule has 0 saturated heterocycles. The number of pyridine rings is 1. The van der Waals surface area contributed by atoms with Crippen molar-refractivity contribution in [1.82, 2.24) is 4.98 Å². The third kappa shape index (κ3) is 5.11. The minimum atomic E-state index is -0.928. The van der Waals surface area contributed by atoms with Gasteiger partial charge in [-0.3, -0.25) is 19.4 Å². The average Bonchev–Trinajstić information content (AvgIpc) is 2.67. The van der Waals surface area contributed by atoms with E-state index in [1.165, 1.54) is 25.4 Å². The summed E-state index contributed by atoms with van der Waals surface area (Å²) in [4.78, 5) is 40.1. The third-order valence-electron chi connectivity index (χ3n) is 3.61. The molecule has 1 unspecified atom stereocenters. The Morgan fingerprint density at radius 3 is 2.69 bits per heavy atom. The Kier molecular flexibility index (Phi) is 6.82. The van der Waals surface area contributed by atoms with Gasteiger partial charge in [0.05, 0.1) is 18.8 Å². The number of anilines is 1. The fourth-order valence-corrected chi connectivity index (χ4v) is 2.35. The lowest BCUT2D eigenvalue weighted by Gasteiger charge is -2.14. The van der Waals surface area contributed by atoms with Gasteiger partial charge in [-0.05, 0) is 36.8 Å². The number of rotatable bonds is 7. The fourth-order valence-electron chi connectivity index (χ4n) is 2.18. The predicted octanol–water partition coefficient (Wildman–Crippen LogP) is 2.18. The number of nitrogens with two attached hydrogens (primary N) is 1. The molecule has 1 heterocycles. The van der Waals surface area contributed by atoms with Crippen molar-refractivity contribution in [3.63, 3.8) is 0 Å². The Morgan fingerprint density at radius 2 is 2.04 bits per heavy atom. The lowest BCUT2D eigenvalue weighted by Crippen LogP contribution is -2.36. The molecule has 2 aromatic rings. The molecule has 0 fully saturated rings. The Hall–Kier alpha value is -2.77. The van der Waals surface area contributed by atoms with Crippen LogP contribution in [0.2, 0.25) is 5.02 Å². The van der Waals surface area contributed by atoms with Crippen molar-refractivity contribution in [1.29, 1.82) is 0 Å². The van der Waals surface area contributed by atoms with Crippen LogP contribution in [0.3, 0.4) is 0 Å². The topological polar surface area (TPSA) is 111 Å².